The van der Waals surface area contributed by atoms with Crippen molar-refractivity contribution in [2.24, 2.45) is 0 Å². The van der Waals surface area contributed by atoms with E-state index in [1.165, 1.54) is 6.92 Å². The normalized spacial score (nSPS) is 14.7. The van der Waals surface area contributed by atoms with Crippen molar-refractivity contribution in [3.8, 4) is 5.75 Å². The first-order chi connectivity index (χ1) is 16.3. The zero-order valence-corrected chi connectivity index (χ0v) is 20.1. The van der Waals surface area contributed by atoms with Crippen LogP contribution in [0.2, 0.25) is 0 Å². The maximum Gasteiger partial charge on any atom is 0.321 e. The van der Waals surface area contributed by atoms with Gasteiger partial charge in [-0.1, -0.05) is 29.8 Å². The van der Waals surface area contributed by atoms with Gasteiger partial charge >= 0.3 is 6.03 Å². The summed E-state index contributed by atoms with van der Waals surface area (Å²) in [6.45, 7) is 7.01. The Kier molecular flexibility index (Phi) is 8.90. The molecule has 1 atom stereocenters. The molecule has 182 valence electrons. The summed E-state index contributed by atoms with van der Waals surface area (Å²) in [6.07, 6.45) is 1.73. The van der Waals surface area contributed by atoms with E-state index < -0.39 is 6.04 Å². The molecule has 1 aliphatic rings. The molecule has 1 unspecified atom stereocenters. The molecular formula is C26H34N4O4. The molecule has 0 aliphatic carbocycles. The second kappa shape index (κ2) is 12.1. The van der Waals surface area contributed by atoms with E-state index in [9.17, 15) is 14.4 Å². The fourth-order valence-electron chi connectivity index (χ4n) is 3.95. The number of hydrogen-bond acceptors (Lipinski definition) is 4. The highest BCUT2D eigenvalue weighted by atomic mass is 16.5. The van der Waals surface area contributed by atoms with Gasteiger partial charge in [-0.15, -0.1) is 0 Å². The van der Waals surface area contributed by atoms with Gasteiger partial charge in [-0.3, -0.25) is 9.59 Å². The van der Waals surface area contributed by atoms with Gasteiger partial charge in [0.2, 0.25) is 11.8 Å². The molecule has 8 heteroatoms. The lowest BCUT2D eigenvalue weighted by atomic mass is 10.0. The molecular weight excluding hydrogens is 432 g/mol. The number of ether oxygens (including phenoxy) is 1. The summed E-state index contributed by atoms with van der Waals surface area (Å²) in [7, 11) is 0. The zero-order chi connectivity index (χ0) is 24.5. The van der Waals surface area contributed by atoms with Gasteiger partial charge in [-0.2, -0.15) is 0 Å². The third-order valence-corrected chi connectivity index (χ3v) is 5.80. The number of anilines is 1. The van der Waals surface area contributed by atoms with E-state index in [-0.39, 0.29) is 23.9 Å². The Morgan fingerprint density at radius 3 is 2.26 bits per heavy atom. The molecule has 1 aliphatic heterocycles. The first-order valence-corrected chi connectivity index (χ1v) is 11.8. The number of likely N-dealkylation sites (tertiary alicyclic amines) is 1. The van der Waals surface area contributed by atoms with Gasteiger partial charge in [0.1, 0.15) is 11.8 Å². The lowest BCUT2D eigenvalue weighted by molar-refractivity contribution is -0.128. The summed E-state index contributed by atoms with van der Waals surface area (Å²) in [5.41, 5.74) is 2.83. The highest BCUT2D eigenvalue weighted by Gasteiger charge is 2.27. The van der Waals surface area contributed by atoms with Crippen LogP contribution >= 0.6 is 0 Å². The van der Waals surface area contributed by atoms with E-state index >= 15 is 0 Å². The Balaban J connectivity index is 1.49. The Morgan fingerprint density at radius 1 is 1.03 bits per heavy atom. The number of piperidine rings is 1. The largest absolute Gasteiger partial charge is 0.494 e. The smallest absolute Gasteiger partial charge is 0.321 e. The summed E-state index contributed by atoms with van der Waals surface area (Å²) in [4.78, 5) is 38.9. The van der Waals surface area contributed by atoms with E-state index in [2.05, 4.69) is 16.0 Å². The Hall–Kier alpha value is -3.55. The van der Waals surface area contributed by atoms with Gasteiger partial charge in [0.25, 0.3) is 0 Å². The fourth-order valence-corrected chi connectivity index (χ4v) is 3.95. The van der Waals surface area contributed by atoms with Crippen molar-refractivity contribution in [2.45, 2.75) is 52.1 Å². The van der Waals surface area contributed by atoms with Crippen LogP contribution in [0.15, 0.2) is 48.5 Å². The number of rotatable bonds is 8. The van der Waals surface area contributed by atoms with Crippen LogP contribution in [0, 0.1) is 6.92 Å². The minimum absolute atomic E-state index is 0.0451. The molecule has 3 N–H and O–H groups in total. The van der Waals surface area contributed by atoms with Crippen molar-refractivity contribution in [3.63, 3.8) is 0 Å². The minimum Gasteiger partial charge on any atom is -0.494 e. The van der Waals surface area contributed by atoms with Crippen LogP contribution in [-0.4, -0.2) is 54.5 Å². The number of nitrogens with one attached hydrogen (secondary N) is 3. The van der Waals surface area contributed by atoms with Crippen LogP contribution in [0.3, 0.4) is 0 Å². The highest BCUT2D eigenvalue weighted by molar-refractivity contribution is 5.89. The van der Waals surface area contributed by atoms with Crippen molar-refractivity contribution in [2.75, 3.05) is 25.0 Å². The third kappa shape index (κ3) is 7.50. The molecule has 3 rings (SSSR count). The molecule has 1 saturated heterocycles. The van der Waals surface area contributed by atoms with E-state index in [0.29, 0.717) is 44.6 Å². The van der Waals surface area contributed by atoms with Crippen LogP contribution in [0.4, 0.5) is 10.5 Å². The summed E-state index contributed by atoms with van der Waals surface area (Å²) in [5.74, 6) is 0.318. The molecule has 2 aromatic carbocycles. The van der Waals surface area contributed by atoms with E-state index in [1.54, 1.807) is 4.90 Å². The Morgan fingerprint density at radius 2 is 1.68 bits per heavy atom. The maximum absolute atomic E-state index is 12.9. The predicted octanol–water partition coefficient (Wildman–Crippen LogP) is 3.25. The molecule has 0 spiro atoms. The standard InChI is InChI=1S/C26H34N4O4/c1-4-34-23-11-9-21(10-12-23)29-26(33)30-15-13-22(14-16-30)28-25(32)24(27-19(3)31)17-20-7-5-18(2)6-8-20/h5-12,22,24H,4,13-17H2,1-3H3,(H,27,31)(H,28,32)(H,29,33). The predicted molar refractivity (Wildman–Crippen MR) is 132 cm³/mol. The van der Waals surface area contributed by atoms with E-state index in [4.69, 9.17) is 4.74 Å². The van der Waals surface area contributed by atoms with Crippen molar-refractivity contribution >= 4 is 23.5 Å². The van der Waals surface area contributed by atoms with Gasteiger partial charge in [-0.25, -0.2) is 4.79 Å². The van der Waals surface area contributed by atoms with Gasteiger partial charge in [0, 0.05) is 38.2 Å². The lowest BCUT2D eigenvalue weighted by Crippen LogP contribution is -2.53. The molecule has 1 heterocycles. The minimum atomic E-state index is -0.638. The molecule has 0 saturated carbocycles. The van der Waals surface area contributed by atoms with Gasteiger partial charge in [0.15, 0.2) is 0 Å². The first kappa shape index (κ1) is 25.1. The summed E-state index contributed by atoms with van der Waals surface area (Å²) in [5, 5.41) is 8.73. The number of hydrogen-bond donors (Lipinski definition) is 3. The maximum atomic E-state index is 12.9. The van der Waals surface area contributed by atoms with Crippen LogP contribution < -0.4 is 20.7 Å². The fraction of sp³-hybridized carbons (Fsp3) is 0.423. The quantitative estimate of drug-likeness (QED) is 0.556. The van der Waals surface area contributed by atoms with E-state index in [1.807, 2.05) is 62.4 Å². The topological polar surface area (TPSA) is 99.8 Å². The van der Waals surface area contributed by atoms with Gasteiger partial charge in [-0.05, 0) is 56.5 Å². The van der Waals surface area contributed by atoms with Crippen LogP contribution in [0.25, 0.3) is 0 Å². The highest BCUT2D eigenvalue weighted by Crippen LogP contribution is 2.18. The molecule has 0 aromatic heterocycles. The SMILES string of the molecule is CCOc1ccc(NC(=O)N2CCC(NC(=O)C(Cc3ccc(C)cc3)NC(C)=O)CC2)cc1. The summed E-state index contributed by atoms with van der Waals surface area (Å²) >= 11 is 0. The Labute approximate surface area is 201 Å². The zero-order valence-electron chi connectivity index (χ0n) is 20.1. The first-order valence-electron chi connectivity index (χ1n) is 11.8. The second-order valence-electron chi connectivity index (χ2n) is 8.60. The van der Waals surface area contributed by atoms with Gasteiger partial charge in [0.05, 0.1) is 6.61 Å². The number of carbonyl (C=O) groups is 3. The number of nitrogens with zero attached hydrogens (tertiary/aromatic N) is 1. The van der Waals surface area contributed by atoms with Crippen molar-refractivity contribution in [1.82, 2.24) is 15.5 Å². The van der Waals surface area contributed by atoms with Crippen molar-refractivity contribution in [3.05, 3.63) is 59.7 Å². The van der Waals surface area contributed by atoms with Crippen molar-refractivity contribution in [1.29, 1.82) is 0 Å². The van der Waals surface area contributed by atoms with Crippen LogP contribution in [0.1, 0.15) is 37.8 Å². The molecule has 0 bridgehead atoms. The lowest BCUT2D eigenvalue weighted by Gasteiger charge is -2.33. The molecule has 8 nitrogen and oxygen atoms in total. The number of benzene rings is 2. The summed E-state index contributed by atoms with van der Waals surface area (Å²) < 4.78 is 5.42. The van der Waals surface area contributed by atoms with E-state index in [0.717, 1.165) is 16.9 Å². The van der Waals surface area contributed by atoms with Crippen LogP contribution in [-0.2, 0) is 16.0 Å². The number of amides is 4. The average molecular weight is 467 g/mol. The molecule has 34 heavy (non-hydrogen) atoms. The molecule has 1 fully saturated rings. The summed E-state index contributed by atoms with van der Waals surface area (Å²) in [6, 6.07) is 14.3. The van der Waals surface area contributed by atoms with Crippen LogP contribution in [0.5, 0.6) is 5.75 Å². The number of urea groups is 1. The molecule has 4 amide bonds. The average Bonchev–Trinajstić information content (AvgIpc) is 2.81. The van der Waals surface area contributed by atoms with Gasteiger partial charge < -0.3 is 25.6 Å². The molecule has 0 radical (unpaired) electrons. The van der Waals surface area contributed by atoms with Crippen molar-refractivity contribution < 1.29 is 19.1 Å². The monoisotopic (exact) mass is 466 g/mol. The number of carbonyl (C=O) groups excluding carboxylic acids is 3. The second-order valence-corrected chi connectivity index (χ2v) is 8.60. The Bertz CT molecular complexity index is 967. The number of aryl methyl sites for hydroxylation is 1. The molecule has 2 aromatic rings. The third-order valence-electron chi connectivity index (χ3n) is 5.80.